The van der Waals surface area contributed by atoms with Crippen molar-refractivity contribution in [3.63, 3.8) is 0 Å². The molecule has 0 radical (unpaired) electrons. The molecule has 19 heavy (non-hydrogen) atoms. The van der Waals surface area contributed by atoms with Gasteiger partial charge in [0.05, 0.1) is 0 Å². The minimum Gasteiger partial charge on any atom is -0.314 e. The third kappa shape index (κ3) is 4.46. The van der Waals surface area contributed by atoms with Crippen LogP contribution < -0.4 is 5.32 Å². The molecule has 3 rings (SSSR count). The van der Waals surface area contributed by atoms with E-state index in [-0.39, 0.29) is 0 Å². The summed E-state index contributed by atoms with van der Waals surface area (Å²) in [5.74, 6) is 1.03. The van der Waals surface area contributed by atoms with Crippen LogP contribution in [0.5, 0.6) is 0 Å². The van der Waals surface area contributed by atoms with E-state index in [1.807, 2.05) is 0 Å². The zero-order valence-electron chi connectivity index (χ0n) is 12.6. The molecule has 0 aromatic carbocycles. The summed E-state index contributed by atoms with van der Waals surface area (Å²) in [7, 11) is 0. The van der Waals surface area contributed by atoms with Gasteiger partial charge in [0, 0.05) is 12.1 Å². The number of likely N-dealkylation sites (tertiary alicyclic amines) is 1. The van der Waals surface area contributed by atoms with Gasteiger partial charge in [-0.15, -0.1) is 0 Å². The Balaban J connectivity index is 1.37. The van der Waals surface area contributed by atoms with Gasteiger partial charge in [0.1, 0.15) is 0 Å². The third-order valence-corrected chi connectivity index (χ3v) is 5.51. The summed E-state index contributed by atoms with van der Waals surface area (Å²) in [6.45, 7) is 4.01. The fourth-order valence-corrected chi connectivity index (χ4v) is 3.92. The van der Waals surface area contributed by atoms with E-state index >= 15 is 0 Å². The molecule has 1 saturated heterocycles. The smallest absolute Gasteiger partial charge is 0.00952 e. The van der Waals surface area contributed by atoms with Crippen LogP contribution in [0.15, 0.2) is 0 Å². The number of nitrogens with zero attached hydrogens (tertiary/aromatic N) is 1. The van der Waals surface area contributed by atoms with Gasteiger partial charge in [0.15, 0.2) is 0 Å². The fourth-order valence-electron chi connectivity index (χ4n) is 3.92. The number of hydrogen-bond donors (Lipinski definition) is 1. The van der Waals surface area contributed by atoms with Crippen molar-refractivity contribution in [2.45, 2.75) is 82.7 Å². The highest BCUT2D eigenvalue weighted by molar-refractivity contribution is 4.84. The summed E-state index contributed by atoms with van der Waals surface area (Å²) in [6, 6.07) is 1.75. The Morgan fingerprint density at radius 1 is 0.737 bits per heavy atom. The average Bonchev–Trinajstić information content (AvgIpc) is 3.21. The van der Waals surface area contributed by atoms with E-state index in [9.17, 15) is 0 Å². The fraction of sp³-hybridized carbons (Fsp3) is 1.00. The minimum atomic E-state index is 0.824. The Bertz CT molecular complexity index is 246. The van der Waals surface area contributed by atoms with Crippen molar-refractivity contribution >= 4 is 0 Å². The first kappa shape index (κ1) is 13.9. The SMILES string of the molecule is C1CCCC(N2CCC(NCC3CC3)CC2)CCC1. The number of rotatable bonds is 4. The lowest BCUT2D eigenvalue weighted by Gasteiger charge is -2.38. The molecule has 1 aliphatic heterocycles. The van der Waals surface area contributed by atoms with Crippen molar-refractivity contribution in [3.05, 3.63) is 0 Å². The molecule has 3 fully saturated rings. The van der Waals surface area contributed by atoms with Gasteiger partial charge in [-0.3, -0.25) is 0 Å². The molecule has 0 aromatic heterocycles. The second kappa shape index (κ2) is 7.08. The van der Waals surface area contributed by atoms with Crippen LogP contribution in [0.3, 0.4) is 0 Å². The zero-order chi connectivity index (χ0) is 12.9. The Morgan fingerprint density at radius 3 is 2.00 bits per heavy atom. The monoisotopic (exact) mass is 264 g/mol. The summed E-state index contributed by atoms with van der Waals surface area (Å²) >= 11 is 0. The van der Waals surface area contributed by atoms with Crippen molar-refractivity contribution in [1.29, 1.82) is 0 Å². The summed E-state index contributed by atoms with van der Waals surface area (Å²) in [6.07, 6.45) is 16.1. The van der Waals surface area contributed by atoms with Crippen molar-refractivity contribution in [3.8, 4) is 0 Å². The summed E-state index contributed by atoms with van der Waals surface area (Å²) in [5.41, 5.74) is 0. The topological polar surface area (TPSA) is 15.3 Å². The lowest BCUT2D eigenvalue weighted by atomic mass is 9.93. The zero-order valence-corrected chi connectivity index (χ0v) is 12.6. The van der Waals surface area contributed by atoms with Crippen LogP contribution in [0.25, 0.3) is 0 Å². The number of nitrogens with one attached hydrogen (secondary N) is 1. The van der Waals surface area contributed by atoms with Gasteiger partial charge in [-0.05, 0) is 64.1 Å². The molecule has 0 spiro atoms. The van der Waals surface area contributed by atoms with Crippen LogP contribution in [-0.2, 0) is 0 Å². The summed E-state index contributed by atoms with van der Waals surface area (Å²) in [4.78, 5) is 2.82. The molecule has 0 bridgehead atoms. The normalized spacial score (nSPS) is 29.1. The molecule has 110 valence electrons. The van der Waals surface area contributed by atoms with Crippen LogP contribution >= 0.6 is 0 Å². The van der Waals surface area contributed by atoms with Gasteiger partial charge in [-0.1, -0.05) is 32.1 Å². The molecule has 0 amide bonds. The highest BCUT2D eigenvalue weighted by Gasteiger charge is 2.27. The quantitative estimate of drug-likeness (QED) is 0.835. The summed E-state index contributed by atoms with van der Waals surface area (Å²) < 4.78 is 0. The number of hydrogen-bond acceptors (Lipinski definition) is 2. The molecule has 1 N–H and O–H groups in total. The van der Waals surface area contributed by atoms with Gasteiger partial charge in [-0.25, -0.2) is 0 Å². The Morgan fingerprint density at radius 2 is 1.37 bits per heavy atom. The van der Waals surface area contributed by atoms with Crippen molar-refractivity contribution in [1.82, 2.24) is 10.2 Å². The highest BCUT2D eigenvalue weighted by Crippen LogP contribution is 2.28. The van der Waals surface area contributed by atoms with Gasteiger partial charge < -0.3 is 10.2 Å². The third-order valence-electron chi connectivity index (χ3n) is 5.51. The molecule has 0 aromatic rings. The van der Waals surface area contributed by atoms with Crippen LogP contribution in [-0.4, -0.2) is 36.6 Å². The van der Waals surface area contributed by atoms with E-state index in [1.165, 1.54) is 90.3 Å². The molecule has 0 unspecified atom stereocenters. The lowest BCUT2D eigenvalue weighted by molar-refractivity contribution is 0.122. The molecular formula is C17H32N2. The van der Waals surface area contributed by atoms with E-state index in [0.29, 0.717) is 0 Å². The molecule has 2 aliphatic carbocycles. The van der Waals surface area contributed by atoms with Gasteiger partial charge in [0.2, 0.25) is 0 Å². The Kier molecular flexibility index (Phi) is 5.17. The van der Waals surface area contributed by atoms with Crippen molar-refractivity contribution < 1.29 is 0 Å². The Hall–Kier alpha value is -0.0800. The van der Waals surface area contributed by atoms with Crippen molar-refractivity contribution in [2.24, 2.45) is 5.92 Å². The van der Waals surface area contributed by atoms with Crippen LogP contribution in [0.1, 0.15) is 70.6 Å². The molecule has 2 nitrogen and oxygen atoms in total. The van der Waals surface area contributed by atoms with Crippen LogP contribution in [0.4, 0.5) is 0 Å². The van der Waals surface area contributed by atoms with Gasteiger partial charge in [0.25, 0.3) is 0 Å². The first-order chi connectivity index (χ1) is 9.42. The minimum absolute atomic E-state index is 0.824. The lowest BCUT2D eigenvalue weighted by Crippen LogP contribution is -2.47. The maximum Gasteiger partial charge on any atom is 0.00952 e. The Labute approximate surface area is 119 Å². The maximum absolute atomic E-state index is 3.80. The summed E-state index contributed by atoms with van der Waals surface area (Å²) in [5, 5.41) is 3.80. The van der Waals surface area contributed by atoms with E-state index in [1.54, 1.807) is 0 Å². The van der Waals surface area contributed by atoms with E-state index in [2.05, 4.69) is 10.2 Å². The van der Waals surface area contributed by atoms with E-state index in [4.69, 9.17) is 0 Å². The first-order valence-electron chi connectivity index (χ1n) is 8.89. The predicted molar refractivity (Wildman–Crippen MR) is 81.4 cm³/mol. The predicted octanol–water partition coefficient (Wildman–Crippen LogP) is 3.56. The highest BCUT2D eigenvalue weighted by atomic mass is 15.2. The number of piperidine rings is 1. The maximum atomic E-state index is 3.80. The average molecular weight is 264 g/mol. The van der Waals surface area contributed by atoms with Crippen LogP contribution in [0.2, 0.25) is 0 Å². The van der Waals surface area contributed by atoms with E-state index < -0.39 is 0 Å². The molecule has 1 heterocycles. The van der Waals surface area contributed by atoms with Gasteiger partial charge >= 0.3 is 0 Å². The molecule has 2 heteroatoms. The molecule has 2 saturated carbocycles. The second-order valence-electron chi connectivity index (χ2n) is 7.16. The molecule has 3 aliphatic rings. The largest absolute Gasteiger partial charge is 0.314 e. The van der Waals surface area contributed by atoms with Crippen molar-refractivity contribution in [2.75, 3.05) is 19.6 Å². The van der Waals surface area contributed by atoms with Gasteiger partial charge in [-0.2, -0.15) is 0 Å². The molecule has 0 atom stereocenters. The van der Waals surface area contributed by atoms with Crippen LogP contribution in [0, 0.1) is 5.92 Å². The standard InChI is InChI=1S/C17H32N2/c1-2-4-6-17(7-5-3-1)19-12-10-16(11-13-19)18-14-15-8-9-15/h15-18H,1-14H2. The van der Waals surface area contributed by atoms with E-state index in [0.717, 1.165) is 18.0 Å². The molecular weight excluding hydrogens is 232 g/mol. The second-order valence-corrected chi connectivity index (χ2v) is 7.16. The first-order valence-corrected chi connectivity index (χ1v) is 8.89.